The highest BCUT2D eigenvalue weighted by molar-refractivity contribution is 5.77. The van der Waals surface area contributed by atoms with Gasteiger partial charge in [0.05, 0.1) is 6.54 Å². The number of carbonyl (C=O) groups is 1. The molecule has 0 spiro atoms. The van der Waals surface area contributed by atoms with Crippen molar-refractivity contribution in [3.8, 4) is 0 Å². The molecular formula is C13H19N3O. The summed E-state index contributed by atoms with van der Waals surface area (Å²) >= 11 is 0. The molecule has 1 unspecified atom stereocenters. The predicted molar refractivity (Wildman–Crippen MR) is 68.8 cm³/mol. The summed E-state index contributed by atoms with van der Waals surface area (Å²) < 4.78 is 0. The van der Waals surface area contributed by atoms with E-state index in [4.69, 9.17) is 5.73 Å². The molecule has 1 saturated heterocycles. The second kappa shape index (κ2) is 5.68. The number of carbonyl (C=O) groups excluding carboxylic acids is 1. The van der Waals surface area contributed by atoms with Crippen LogP contribution >= 0.6 is 0 Å². The van der Waals surface area contributed by atoms with Crippen molar-refractivity contribution in [1.29, 1.82) is 0 Å². The average Bonchev–Trinajstić information content (AvgIpc) is 2.86. The van der Waals surface area contributed by atoms with Crippen molar-refractivity contribution in [2.75, 3.05) is 31.1 Å². The van der Waals surface area contributed by atoms with Gasteiger partial charge in [-0.2, -0.15) is 0 Å². The minimum atomic E-state index is -0.0665. The summed E-state index contributed by atoms with van der Waals surface area (Å²) in [7, 11) is 0. The minimum absolute atomic E-state index is 0.0665. The van der Waals surface area contributed by atoms with Crippen LogP contribution in [0.4, 0.5) is 5.69 Å². The molecule has 17 heavy (non-hydrogen) atoms. The van der Waals surface area contributed by atoms with E-state index in [2.05, 4.69) is 34.5 Å². The third-order valence-corrected chi connectivity index (χ3v) is 3.18. The molecule has 1 atom stereocenters. The number of nitrogens with zero attached hydrogens (tertiary/aromatic N) is 1. The van der Waals surface area contributed by atoms with Gasteiger partial charge in [-0.25, -0.2) is 0 Å². The molecule has 1 fully saturated rings. The van der Waals surface area contributed by atoms with Crippen LogP contribution in [0, 0.1) is 5.92 Å². The van der Waals surface area contributed by atoms with E-state index in [1.54, 1.807) is 0 Å². The van der Waals surface area contributed by atoms with E-state index in [-0.39, 0.29) is 12.5 Å². The van der Waals surface area contributed by atoms with Gasteiger partial charge in [0.2, 0.25) is 5.91 Å². The fourth-order valence-electron chi connectivity index (χ4n) is 2.20. The van der Waals surface area contributed by atoms with E-state index >= 15 is 0 Å². The fraction of sp³-hybridized carbons (Fsp3) is 0.462. The molecule has 0 radical (unpaired) electrons. The number of amides is 1. The van der Waals surface area contributed by atoms with Crippen molar-refractivity contribution in [3.63, 3.8) is 0 Å². The van der Waals surface area contributed by atoms with Crippen molar-refractivity contribution >= 4 is 11.6 Å². The maximum Gasteiger partial charge on any atom is 0.233 e. The molecule has 92 valence electrons. The maximum atomic E-state index is 11.1. The molecule has 3 N–H and O–H groups in total. The van der Waals surface area contributed by atoms with Gasteiger partial charge < -0.3 is 16.0 Å². The molecule has 1 heterocycles. The highest BCUT2D eigenvalue weighted by atomic mass is 16.1. The Hall–Kier alpha value is -1.55. The SMILES string of the molecule is NCC(=O)NCC1CCN(c2ccccc2)C1. The lowest BCUT2D eigenvalue weighted by Gasteiger charge is -2.18. The van der Waals surface area contributed by atoms with Gasteiger partial charge in [-0.15, -0.1) is 0 Å². The van der Waals surface area contributed by atoms with Crippen molar-refractivity contribution < 1.29 is 4.79 Å². The molecule has 1 aliphatic heterocycles. The first-order valence-electron chi connectivity index (χ1n) is 6.06. The molecule has 1 amide bonds. The second-order valence-electron chi connectivity index (χ2n) is 4.44. The topological polar surface area (TPSA) is 58.4 Å². The largest absolute Gasteiger partial charge is 0.371 e. The summed E-state index contributed by atoms with van der Waals surface area (Å²) in [6, 6.07) is 10.4. The zero-order valence-electron chi connectivity index (χ0n) is 9.93. The Labute approximate surface area is 102 Å². The number of anilines is 1. The van der Waals surface area contributed by atoms with Crippen molar-refractivity contribution in [1.82, 2.24) is 5.32 Å². The number of benzene rings is 1. The van der Waals surface area contributed by atoms with Gasteiger partial charge in [-0.05, 0) is 24.5 Å². The molecule has 0 saturated carbocycles. The lowest BCUT2D eigenvalue weighted by molar-refractivity contribution is -0.119. The summed E-state index contributed by atoms with van der Waals surface area (Å²) in [5.74, 6) is 0.467. The number of para-hydroxylation sites is 1. The van der Waals surface area contributed by atoms with Crippen LogP contribution in [0.15, 0.2) is 30.3 Å². The smallest absolute Gasteiger partial charge is 0.233 e. The molecule has 1 aromatic rings. The number of hydrogen-bond acceptors (Lipinski definition) is 3. The highest BCUT2D eigenvalue weighted by Crippen LogP contribution is 2.22. The Bertz CT molecular complexity index is 366. The Morgan fingerprint density at radius 2 is 2.18 bits per heavy atom. The van der Waals surface area contributed by atoms with Gasteiger partial charge in [0.25, 0.3) is 0 Å². The number of hydrogen-bond donors (Lipinski definition) is 2. The minimum Gasteiger partial charge on any atom is -0.371 e. The summed E-state index contributed by atoms with van der Waals surface area (Å²) in [4.78, 5) is 13.4. The predicted octanol–water partition coefficient (Wildman–Crippen LogP) is 0.588. The van der Waals surface area contributed by atoms with Crippen LogP contribution < -0.4 is 16.0 Å². The van der Waals surface area contributed by atoms with E-state index in [0.717, 1.165) is 26.1 Å². The van der Waals surface area contributed by atoms with Gasteiger partial charge in [-0.1, -0.05) is 18.2 Å². The van der Waals surface area contributed by atoms with Crippen LogP contribution in [0.3, 0.4) is 0 Å². The Balaban J connectivity index is 1.82. The number of rotatable bonds is 4. The molecule has 0 aromatic heterocycles. The first-order chi connectivity index (χ1) is 8.29. The van der Waals surface area contributed by atoms with Gasteiger partial charge in [0, 0.05) is 25.3 Å². The number of nitrogens with two attached hydrogens (primary N) is 1. The maximum absolute atomic E-state index is 11.1. The molecule has 1 aliphatic rings. The van der Waals surface area contributed by atoms with Crippen LogP contribution in [0.1, 0.15) is 6.42 Å². The lowest BCUT2D eigenvalue weighted by Crippen LogP contribution is -2.35. The summed E-state index contributed by atoms with van der Waals surface area (Å²) in [5.41, 5.74) is 6.52. The molecule has 4 heteroatoms. The third-order valence-electron chi connectivity index (χ3n) is 3.18. The quantitative estimate of drug-likeness (QED) is 0.800. The zero-order valence-corrected chi connectivity index (χ0v) is 9.93. The van der Waals surface area contributed by atoms with Gasteiger partial charge in [-0.3, -0.25) is 4.79 Å². The Kier molecular flexibility index (Phi) is 3.98. The van der Waals surface area contributed by atoms with Gasteiger partial charge in [0.15, 0.2) is 0 Å². The van der Waals surface area contributed by atoms with Crippen LogP contribution in [-0.2, 0) is 4.79 Å². The molecule has 0 bridgehead atoms. The molecule has 0 aliphatic carbocycles. The molecule has 2 rings (SSSR count). The number of nitrogens with one attached hydrogen (secondary N) is 1. The monoisotopic (exact) mass is 233 g/mol. The van der Waals surface area contributed by atoms with Crippen molar-refractivity contribution in [2.45, 2.75) is 6.42 Å². The first kappa shape index (κ1) is 11.9. The lowest BCUT2D eigenvalue weighted by atomic mass is 10.1. The van der Waals surface area contributed by atoms with Crippen LogP contribution in [0.25, 0.3) is 0 Å². The van der Waals surface area contributed by atoms with Crippen LogP contribution in [0.2, 0.25) is 0 Å². The van der Waals surface area contributed by atoms with Crippen molar-refractivity contribution in [3.05, 3.63) is 30.3 Å². The highest BCUT2D eigenvalue weighted by Gasteiger charge is 2.22. The molecular weight excluding hydrogens is 214 g/mol. The van der Waals surface area contributed by atoms with E-state index in [0.29, 0.717) is 5.92 Å². The average molecular weight is 233 g/mol. The van der Waals surface area contributed by atoms with Gasteiger partial charge in [0.1, 0.15) is 0 Å². The summed E-state index contributed by atoms with van der Waals surface area (Å²) in [5, 5.41) is 2.86. The van der Waals surface area contributed by atoms with Gasteiger partial charge >= 0.3 is 0 Å². The first-order valence-corrected chi connectivity index (χ1v) is 6.06. The Morgan fingerprint density at radius 3 is 2.88 bits per heavy atom. The van der Waals surface area contributed by atoms with Crippen LogP contribution in [-0.4, -0.2) is 32.1 Å². The standard InChI is InChI=1S/C13H19N3O/c14-8-13(17)15-9-11-6-7-16(10-11)12-4-2-1-3-5-12/h1-5,11H,6-10,14H2,(H,15,17). The Morgan fingerprint density at radius 1 is 1.41 bits per heavy atom. The molecule has 4 nitrogen and oxygen atoms in total. The fourth-order valence-corrected chi connectivity index (χ4v) is 2.20. The van der Waals surface area contributed by atoms with Crippen molar-refractivity contribution in [2.24, 2.45) is 11.7 Å². The van der Waals surface area contributed by atoms with E-state index in [1.165, 1.54) is 5.69 Å². The van der Waals surface area contributed by atoms with E-state index < -0.39 is 0 Å². The van der Waals surface area contributed by atoms with E-state index in [9.17, 15) is 4.79 Å². The second-order valence-corrected chi connectivity index (χ2v) is 4.44. The zero-order chi connectivity index (χ0) is 12.1. The normalized spacial score (nSPS) is 19.4. The summed E-state index contributed by atoms with van der Waals surface area (Å²) in [6.45, 7) is 2.89. The van der Waals surface area contributed by atoms with E-state index in [1.807, 2.05) is 6.07 Å². The third kappa shape index (κ3) is 3.20. The molecule has 1 aromatic carbocycles. The van der Waals surface area contributed by atoms with Crippen LogP contribution in [0.5, 0.6) is 0 Å². The summed E-state index contributed by atoms with van der Waals surface area (Å²) in [6.07, 6.45) is 1.12.